The van der Waals surface area contributed by atoms with E-state index in [1.54, 1.807) is 0 Å². The number of aromatic nitrogens is 5. The highest BCUT2D eigenvalue weighted by Gasteiger charge is 2.29. The maximum absolute atomic E-state index is 12.0. The molecule has 0 bridgehead atoms. The van der Waals surface area contributed by atoms with E-state index in [9.17, 15) is 4.79 Å². The van der Waals surface area contributed by atoms with Crippen LogP contribution in [-0.2, 0) is 17.9 Å². The van der Waals surface area contributed by atoms with Crippen LogP contribution < -0.4 is 5.32 Å². The van der Waals surface area contributed by atoms with Crippen molar-refractivity contribution in [1.29, 1.82) is 0 Å². The van der Waals surface area contributed by atoms with E-state index < -0.39 is 0 Å². The fourth-order valence-electron chi connectivity index (χ4n) is 3.52. The highest BCUT2D eigenvalue weighted by Crippen LogP contribution is 2.27. The fraction of sp³-hybridized carbons (Fsp3) is 0.667. The van der Waals surface area contributed by atoms with E-state index in [1.165, 1.54) is 0 Å². The molecule has 1 saturated carbocycles. The second-order valence-corrected chi connectivity index (χ2v) is 7.48. The van der Waals surface area contributed by atoms with E-state index >= 15 is 0 Å². The Kier molecular flexibility index (Phi) is 5.20. The molecule has 25 heavy (non-hydrogen) atoms. The van der Waals surface area contributed by atoms with Crippen LogP contribution in [0, 0.1) is 25.7 Å². The van der Waals surface area contributed by atoms with Gasteiger partial charge in [0.05, 0.1) is 18.4 Å². The molecule has 0 saturated heterocycles. The molecular weight excluding hydrogens is 316 g/mol. The Bertz CT molecular complexity index is 732. The summed E-state index contributed by atoms with van der Waals surface area (Å²) in [6.07, 6.45) is 5.32. The van der Waals surface area contributed by atoms with Gasteiger partial charge >= 0.3 is 0 Å². The highest BCUT2D eigenvalue weighted by molar-refractivity contribution is 5.78. The van der Waals surface area contributed by atoms with Gasteiger partial charge in [-0.3, -0.25) is 14.2 Å². The normalized spacial score (nSPS) is 20.4. The standard InChI is InChI=1S/C18H28N6O/c1-12(2)18(25)19-17-7-5-6-15(17)9-23-10-16(20-22-23)11-24-14(4)8-13(3)21-24/h8,10,12,15,17H,5-7,9,11H2,1-4H3,(H,19,25)/t15-,17-/m1/s1. The fourth-order valence-corrected chi connectivity index (χ4v) is 3.52. The molecule has 7 nitrogen and oxygen atoms in total. The third-order valence-electron chi connectivity index (χ3n) is 4.93. The molecule has 3 rings (SSSR count). The molecule has 1 aliphatic rings. The lowest BCUT2D eigenvalue weighted by molar-refractivity contribution is -0.125. The van der Waals surface area contributed by atoms with Crippen LogP contribution in [0.4, 0.5) is 0 Å². The molecule has 2 aromatic rings. The summed E-state index contributed by atoms with van der Waals surface area (Å²) in [5.41, 5.74) is 3.05. The average Bonchev–Trinajstić information content (AvgIpc) is 3.23. The van der Waals surface area contributed by atoms with Crippen molar-refractivity contribution in [3.8, 4) is 0 Å². The van der Waals surface area contributed by atoms with Crippen LogP contribution >= 0.6 is 0 Å². The van der Waals surface area contributed by atoms with Gasteiger partial charge in [0.15, 0.2) is 0 Å². The molecular formula is C18H28N6O. The van der Waals surface area contributed by atoms with Crippen LogP contribution in [0.2, 0.25) is 0 Å². The predicted octanol–water partition coefficient (Wildman–Crippen LogP) is 2.08. The van der Waals surface area contributed by atoms with E-state index in [4.69, 9.17) is 0 Å². The second-order valence-electron chi connectivity index (χ2n) is 7.48. The molecule has 1 N–H and O–H groups in total. The lowest BCUT2D eigenvalue weighted by Crippen LogP contribution is -2.40. The molecule has 0 unspecified atom stereocenters. The molecule has 2 atom stereocenters. The first-order chi connectivity index (χ1) is 11.9. The zero-order valence-electron chi connectivity index (χ0n) is 15.6. The van der Waals surface area contributed by atoms with Crippen molar-refractivity contribution in [1.82, 2.24) is 30.1 Å². The van der Waals surface area contributed by atoms with Crippen LogP contribution in [0.5, 0.6) is 0 Å². The van der Waals surface area contributed by atoms with Crippen molar-refractivity contribution in [2.45, 2.75) is 66.1 Å². The number of aryl methyl sites for hydroxylation is 2. The minimum Gasteiger partial charge on any atom is -0.353 e. The minimum atomic E-state index is 0.0278. The van der Waals surface area contributed by atoms with Gasteiger partial charge in [-0.2, -0.15) is 5.10 Å². The van der Waals surface area contributed by atoms with Gasteiger partial charge in [0.25, 0.3) is 0 Å². The molecule has 1 fully saturated rings. The van der Waals surface area contributed by atoms with Gasteiger partial charge in [0.2, 0.25) is 5.91 Å². The Morgan fingerprint density at radius 1 is 1.36 bits per heavy atom. The monoisotopic (exact) mass is 344 g/mol. The number of amides is 1. The van der Waals surface area contributed by atoms with E-state index in [0.29, 0.717) is 12.5 Å². The van der Waals surface area contributed by atoms with Crippen LogP contribution in [0.3, 0.4) is 0 Å². The summed E-state index contributed by atoms with van der Waals surface area (Å²) in [6.45, 7) is 9.34. The van der Waals surface area contributed by atoms with Gasteiger partial charge in [-0.1, -0.05) is 25.5 Å². The second kappa shape index (κ2) is 7.37. The summed E-state index contributed by atoms with van der Waals surface area (Å²) in [4.78, 5) is 12.0. The number of carbonyl (C=O) groups excluding carboxylic acids is 1. The number of hydrogen-bond acceptors (Lipinski definition) is 4. The van der Waals surface area contributed by atoms with Crippen molar-refractivity contribution < 1.29 is 4.79 Å². The third kappa shape index (κ3) is 4.27. The molecule has 1 amide bonds. The van der Waals surface area contributed by atoms with Gasteiger partial charge < -0.3 is 5.32 Å². The molecule has 0 spiro atoms. The Morgan fingerprint density at radius 3 is 2.84 bits per heavy atom. The summed E-state index contributed by atoms with van der Waals surface area (Å²) >= 11 is 0. The lowest BCUT2D eigenvalue weighted by Gasteiger charge is -2.21. The van der Waals surface area contributed by atoms with Crippen molar-refractivity contribution in [2.24, 2.45) is 11.8 Å². The van der Waals surface area contributed by atoms with E-state index in [-0.39, 0.29) is 17.9 Å². The van der Waals surface area contributed by atoms with Gasteiger partial charge in [-0.25, -0.2) is 0 Å². The summed E-state index contributed by atoms with van der Waals surface area (Å²) in [5, 5.41) is 16.2. The predicted molar refractivity (Wildman–Crippen MR) is 94.9 cm³/mol. The largest absolute Gasteiger partial charge is 0.353 e. The van der Waals surface area contributed by atoms with E-state index in [2.05, 4.69) is 26.8 Å². The summed E-state index contributed by atoms with van der Waals surface area (Å²) in [6, 6.07) is 2.31. The topological polar surface area (TPSA) is 77.6 Å². The Morgan fingerprint density at radius 2 is 2.16 bits per heavy atom. The maximum atomic E-state index is 12.0. The molecule has 2 aromatic heterocycles. The Labute approximate surface area is 148 Å². The van der Waals surface area contributed by atoms with Crippen molar-refractivity contribution in [3.63, 3.8) is 0 Å². The van der Waals surface area contributed by atoms with E-state index in [0.717, 1.165) is 42.9 Å². The number of nitrogens with zero attached hydrogens (tertiary/aromatic N) is 5. The highest BCUT2D eigenvalue weighted by atomic mass is 16.1. The third-order valence-corrected chi connectivity index (χ3v) is 4.93. The summed E-state index contributed by atoms with van der Waals surface area (Å²) in [7, 11) is 0. The van der Waals surface area contributed by atoms with Crippen LogP contribution in [-0.4, -0.2) is 36.7 Å². The molecule has 0 aliphatic heterocycles. The molecule has 0 radical (unpaired) electrons. The molecule has 0 aromatic carbocycles. The summed E-state index contributed by atoms with van der Waals surface area (Å²) in [5.74, 6) is 0.589. The first-order valence-corrected chi connectivity index (χ1v) is 9.13. The molecule has 1 aliphatic carbocycles. The van der Waals surface area contributed by atoms with Gasteiger partial charge in [-0.05, 0) is 38.7 Å². The quantitative estimate of drug-likeness (QED) is 0.870. The minimum absolute atomic E-state index is 0.0278. The SMILES string of the molecule is Cc1cc(C)n(Cc2cn(C[C@H]3CCC[C@H]3NC(=O)C(C)C)nn2)n1. The lowest BCUT2D eigenvalue weighted by atomic mass is 10.0. The van der Waals surface area contributed by atoms with Crippen LogP contribution in [0.15, 0.2) is 12.3 Å². The van der Waals surface area contributed by atoms with Crippen LogP contribution in [0.1, 0.15) is 50.2 Å². The average molecular weight is 344 g/mol. The molecule has 7 heteroatoms. The van der Waals surface area contributed by atoms with Crippen molar-refractivity contribution in [2.75, 3.05) is 0 Å². The molecule has 136 valence electrons. The number of hydrogen-bond donors (Lipinski definition) is 1. The zero-order valence-corrected chi connectivity index (χ0v) is 15.6. The number of nitrogens with one attached hydrogen (secondary N) is 1. The van der Waals surface area contributed by atoms with E-state index in [1.807, 2.05) is 43.3 Å². The van der Waals surface area contributed by atoms with Crippen molar-refractivity contribution in [3.05, 3.63) is 29.3 Å². The zero-order chi connectivity index (χ0) is 18.0. The van der Waals surface area contributed by atoms with Crippen LogP contribution in [0.25, 0.3) is 0 Å². The Balaban J connectivity index is 1.60. The summed E-state index contributed by atoms with van der Waals surface area (Å²) < 4.78 is 3.86. The van der Waals surface area contributed by atoms with Gasteiger partial charge in [-0.15, -0.1) is 5.10 Å². The van der Waals surface area contributed by atoms with Gasteiger partial charge in [0, 0.05) is 24.2 Å². The number of carbonyl (C=O) groups is 1. The maximum Gasteiger partial charge on any atom is 0.222 e. The smallest absolute Gasteiger partial charge is 0.222 e. The van der Waals surface area contributed by atoms with Crippen molar-refractivity contribution >= 4 is 5.91 Å². The first kappa shape index (κ1) is 17.6. The number of rotatable bonds is 6. The molecule has 2 heterocycles. The van der Waals surface area contributed by atoms with Gasteiger partial charge in [0.1, 0.15) is 5.69 Å². The Hall–Kier alpha value is -2.18. The first-order valence-electron chi connectivity index (χ1n) is 9.13.